The van der Waals surface area contributed by atoms with Crippen LogP contribution >= 0.6 is 11.8 Å². The molecular formula is C23H21FN6S. The summed E-state index contributed by atoms with van der Waals surface area (Å²) in [5, 5.41) is 13.8. The third-order valence-corrected chi connectivity index (χ3v) is 6.35. The number of aromatic amines is 1. The average Bonchev–Trinajstić information content (AvgIpc) is 3.35. The maximum absolute atomic E-state index is 13.2. The standard InChI is InChI=1S/C23H21FN6S/c1-14-18(15(2)28-27-14)11-12-21-26-22-19-5-3-4-6-20(19)25-23(30(22)29-21)31-13-16-7-9-17(24)10-8-16/h3-10H,11-13H2,1-2H3,(H,27,28). The number of nitrogens with one attached hydrogen (secondary N) is 1. The van der Waals surface area contributed by atoms with Gasteiger partial charge in [0.2, 0.25) is 0 Å². The Kier molecular flexibility index (Phi) is 5.15. The molecule has 0 bridgehead atoms. The monoisotopic (exact) mass is 432 g/mol. The topological polar surface area (TPSA) is 71.8 Å². The van der Waals surface area contributed by atoms with E-state index in [1.807, 2.05) is 42.6 Å². The molecule has 3 heterocycles. The third-order valence-electron chi connectivity index (χ3n) is 5.35. The lowest BCUT2D eigenvalue weighted by Crippen LogP contribution is -2.00. The second kappa shape index (κ2) is 8.11. The van der Waals surface area contributed by atoms with Gasteiger partial charge in [0, 0.05) is 23.3 Å². The summed E-state index contributed by atoms with van der Waals surface area (Å²) in [7, 11) is 0. The van der Waals surface area contributed by atoms with Gasteiger partial charge in [-0.25, -0.2) is 14.4 Å². The van der Waals surface area contributed by atoms with Crippen molar-refractivity contribution in [2.45, 2.75) is 37.6 Å². The Hall–Kier alpha value is -3.26. The molecule has 0 aliphatic heterocycles. The Morgan fingerprint density at radius 1 is 1.00 bits per heavy atom. The van der Waals surface area contributed by atoms with Gasteiger partial charge in [-0.2, -0.15) is 9.61 Å². The van der Waals surface area contributed by atoms with Gasteiger partial charge in [-0.1, -0.05) is 36.0 Å². The van der Waals surface area contributed by atoms with Crippen LogP contribution in [0.2, 0.25) is 0 Å². The minimum absolute atomic E-state index is 0.232. The highest BCUT2D eigenvalue weighted by Gasteiger charge is 2.15. The first kappa shape index (κ1) is 19.7. The molecule has 31 heavy (non-hydrogen) atoms. The van der Waals surface area contributed by atoms with Gasteiger partial charge in [0.15, 0.2) is 16.6 Å². The first-order valence-corrected chi connectivity index (χ1v) is 11.1. The second-order valence-corrected chi connectivity index (χ2v) is 8.45. The molecule has 1 N–H and O–H groups in total. The fourth-order valence-corrected chi connectivity index (χ4v) is 4.58. The summed E-state index contributed by atoms with van der Waals surface area (Å²) in [5.74, 6) is 1.22. The first-order chi connectivity index (χ1) is 15.1. The number of rotatable bonds is 6. The van der Waals surface area contributed by atoms with Gasteiger partial charge in [-0.15, -0.1) is 5.10 Å². The van der Waals surface area contributed by atoms with Crippen LogP contribution in [0, 0.1) is 19.7 Å². The van der Waals surface area contributed by atoms with Crippen LogP contribution in [-0.2, 0) is 18.6 Å². The lowest BCUT2D eigenvalue weighted by molar-refractivity contribution is 0.627. The van der Waals surface area contributed by atoms with Crippen LogP contribution < -0.4 is 0 Å². The van der Waals surface area contributed by atoms with E-state index in [4.69, 9.17) is 15.1 Å². The normalized spacial score (nSPS) is 11.6. The Morgan fingerprint density at radius 2 is 1.81 bits per heavy atom. The first-order valence-electron chi connectivity index (χ1n) is 10.1. The van der Waals surface area contributed by atoms with Crippen LogP contribution in [-0.4, -0.2) is 29.8 Å². The zero-order valence-corrected chi connectivity index (χ0v) is 18.1. The average molecular weight is 433 g/mol. The largest absolute Gasteiger partial charge is 0.282 e. The number of benzene rings is 2. The number of halogens is 1. The van der Waals surface area contributed by atoms with Crippen LogP contribution in [0.15, 0.2) is 53.7 Å². The zero-order chi connectivity index (χ0) is 21.4. The number of H-pyrrole nitrogens is 1. The predicted octanol–water partition coefficient (Wildman–Crippen LogP) is 4.83. The van der Waals surface area contributed by atoms with Crippen LogP contribution in [0.5, 0.6) is 0 Å². The number of fused-ring (bicyclic) bond motifs is 3. The van der Waals surface area contributed by atoms with Crippen molar-refractivity contribution < 1.29 is 4.39 Å². The summed E-state index contributed by atoms with van der Waals surface area (Å²) < 4.78 is 15.0. The summed E-state index contributed by atoms with van der Waals surface area (Å²) in [6, 6.07) is 14.5. The smallest absolute Gasteiger partial charge is 0.191 e. The van der Waals surface area contributed by atoms with Crippen LogP contribution in [0.3, 0.4) is 0 Å². The molecule has 156 valence electrons. The van der Waals surface area contributed by atoms with E-state index in [1.54, 1.807) is 23.9 Å². The molecule has 0 aliphatic carbocycles. The van der Waals surface area contributed by atoms with Crippen molar-refractivity contribution in [3.8, 4) is 0 Å². The van der Waals surface area contributed by atoms with Gasteiger partial charge < -0.3 is 0 Å². The van der Waals surface area contributed by atoms with Gasteiger partial charge in [-0.3, -0.25) is 5.10 Å². The lowest BCUT2D eigenvalue weighted by atomic mass is 10.1. The van der Waals surface area contributed by atoms with Crippen LogP contribution in [0.4, 0.5) is 4.39 Å². The van der Waals surface area contributed by atoms with E-state index >= 15 is 0 Å². The molecule has 8 heteroatoms. The SMILES string of the molecule is Cc1n[nH]c(C)c1CCc1nc2c3ccccc3nc(SCc3ccc(F)cc3)n2n1. The fourth-order valence-electron chi connectivity index (χ4n) is 3.68. The Balaban J connectivity index is 1.49. The predicted molar refractivity (Wildman–Crippen MR) is 120 cm³/mol. The summed E-state index contributed by atoms with van der Waals surface area (Å²) >= 11 is 1.57. The Morgan fingerprint density at radius 3 is 2.58 bits per heavy atom. The van der Waals surface area contributed by atoms with E-state index in [1.165, 1.54) is 17.7 Å². The van der Waals surface area contributed by atoms with Crippen molar-refractivity contribution in [3.05, 3.63) is 82.7 Å². The summed E-state index contributed by atoms with van der Waals surface area (Å²) in [5.41, 5.74) is 6.04. The minimum atomic E-state index is -0.232. The maximum atomic E-state index is 13.2. The number of nitrogens with zero attached hydrogens (tertiary/aromatic N) is 5. The van der Waals surface area contributed by atoms with Gasteiger partial charge >= 0.3 is 0 Å². The summed E-state index contributed by atoms with van der Waals surface area (Å²) in [6.07, 6.45) is 1.55. The number of aromatic nitrogens is 6. The van der Waals surface area contributed by atoms with Crippen molar-refractivity contribution in [1.82, 2.24) is 29.8 Å². The number of hydrogen-bond donors (Lipinski definition) is 1. The molecule has 5 aromatic rings. The van der Waals surface area contributed by atoms with E-state index < -0.39 is 0 Å². The highest BCUT2D eigenvalue weighted by atomic mass is 32.2. The molecule has 0 fully saturated rings. The Labute approximate surface area is 182 Å². The van der Waals surface area contributed by atoms with Crippen LogP contribution in [0.25, 0.3) is 16.6 Å². The molecule has 0 saturated carbocycles. The van der Waals surface area contributed by atoms with Crippen LogP contribution in [0.1, 0.15) is 28.3 Å². The summed E-state index contributed by atoms with van der Waals surface area (Å²) in [4.78, 5) is 9.67. The maximum Gasteiger partial charge on any atom is 0.191 e. The summed E-state index contributed by atoms with van der Waals surface area (Å²) in [6.45, 7) is 4.05. The highest BCUT2D eigenvalue weighted by Crippen LogP contribution is 2.26. The number of hydrogen-bond acceptors (Lipinski definition) is 5. The van der Waals surface area contributed by atoms with E-state index in [0.717, 1.165) is 57.3 Å². The van der Waals surface area contributed by atoms with E-state index in [-0.39, 0.29) is 5.82 Å². The number of aryl methyl sites for hydroxylation is 3. The molecule has 0 aliphatic rings. The van der Waals surface area contributed by atoms with E-state index in [0.29, 0.717) is 5.75 Å². The zero-order valence-electron chi connectivity index (χ0n) is 17.3. The van der Waals surface area contributed by atoms with Crippen molar-refractivity contribution >= 4 is 28.3 Å². The molecule has 0 spiro atoms. The molecule has 0 unspecified atom stereocenters. The van der Waals surface area contributed by atoms with Crippen molar-refractivity contribution in [2.75, 3.05) is 0 Å². The molecule has 0 atom stereocenters. The van der Waals surface area contributed by atoms with E-state index in [2.05, 4.69) is 10.2 Å². The van der Waals surface area contributed by atoms with Gasteiger partial charge in [-0.05, 0) is 55.7 Å². The fraction of sp³-hybridized carbons (Fsp3) is 0.217. The van der Waals surface area contributed by atoms with Gasteiger partial charge in [0.05, 0.1) is 11.2 Å². The molecule has 0 amide bonds. The van der Waals surface area contributed by atoms with Gasteiger partial charge in [0.25, 0.3) is 0 Å². The third kappa shape index (κ3) is 3.90. The van der Waals surface area contributed by atoms with Crippen molar-refractivity contribution in [2.24, 2.45) is 0 Å². The van der Waals surface area contributed by atoms with Crippen molar-refractivity contribution in [3.63, 3.8) is 0 Å². The molecule has 5 rings (SSSR count). The highest BCUT2D eigenvalue weighted by molar-refractivity contribution is 7.98. The quantitative estimate of drug-likeness (QED) is 0.307. The second-order valence-electron chi connectivity index (χ2n) is 7.50. The van der Waals surface area contributed by atoms with Gasteiger partial charge in [0.1, 0.15) is 5.82 Å². The molecule has 6 nitrogen and oxygen atoms in total. The lowest BCUT2D eigenvalue weighted by Gasteiger charge is -2.06. The molecule has 2 aromatic carbocycles. The number of para-hydroxylation sites is 1. The van der Waals surface area contributed by atoms with Crippen molar-refractivity contribution in [1.29, 1.82) is 0 Å². The number of thioether (sulfide) groups is 1. The Bertz CT molecular complexity index is 1350. The molecule has 3 aromatic heterocycles. The molecular weight excluding hydrogens is 411 g/mol. The molecule has 0 radical (unpaired) electrons. The van der Waals surface area contributed by atoms with E-state index in [9.17, 15) is 4.39 Å². The molecule has 0 saturated heterocycles. The minimum Gasteiger partial charge on any atom is -0.282 e.